The number of hydrogen-bond acceptors (Lipinski definition) is 9. The van der Waals surface area contributed by atoms with Crippen molar-refractivity contribution in [2.75, 3.05) is 17.7 Å². The number of rotatable bonds is 10. The number of aryl methyl sites for hydroxylation is 1. The van der Waals surface area contributed by atoms with Gasteiger partial charge in [0.05, 0.1) is 22.8 Å². The monoisotopic (exact) mass is 507 g/mol. The van der Waals surface area contributed by atoms with Crippen LogP contribution < -0.4 is 11.1 Å². The van der Waals surface area contributed by atoms with Crippen molar-refractivity contribution in [2.45, 2.75) is 45.8 Å². The first kappa shape index (κ1) is 24.9. The Bertz CT molecular complexity index is 1180. The summed E-state index contributed by atoms with van der Waals surface area (Å²) in [5.74, 6) is -0.798. The Kier molecular flexibility index (Phi) is 8.27. The molecule has 9 nitrogen and oxygen atoms in total. The number of thiophene rings is 2. The average Bonchev–Trinajstić information content (AvgIpc) is 3.44. The number of nitrogens with two attached hydrogens (primary N) is 1. The predicted molar refractivity (Wildman–Crippen MR) is 131 cm³/mol. The molecule has 3 rings (SSSR count). The van der Waals surface area contributed by atoms with Crippen LogP contribution >= 0.6 is 34.4 Å². The summed E-state index contributed by atoms with van der Waals surface area (Å²) in [6.45, 7) is 8.28. The van der Waals surface area contributed by atoms with Crippen LogP contribution in [0.4, 0.5) is 5.00 Å². The van der Waals surface area contributed by atoms with E-state index in [4.69, 9.17) is 10.5 Å². The molecule has 3 heterocycles. The van der Waals surface area contributed by atoms with E-state index >= 15 is 0 Å². The zero-order chi connectivity index (χ0) is 24.1. The molecule has 2 amide bonds. The van der Waals surface area contributed by atoms with Gasteiger partial charge < -0.3 is 20.4 Å². The number of carbonyl (C=O) groups excluding carboxylic acids is 3. The van der Waals surface area contributed by atoms with Gasteiger partial charge in [0.1, 0.15) is 5.00 Å². The van der Waals surface area contributed by atoms with E-state index in [2.05, 4.69) is 28.5 Å². The third-order valence-corrected chi connectivity index (χ3v) is 7.64. The molecule has 3 N–H and O–H groups in total. The van der Waals surface area contributed by atoms with Gasteiger partial charge in [-0.15, -0.1) is 32.9 Å². The van der Waals surface area contributed by atoms with Crippen LogP contribution in [0.5, 0.6) is 0 Å². The second-order valence-electron chi connectivity index (χ2n) is 7.09. The zero-order valence-corrected chi connectivity index (χ0v) is 21.2. The van der Waals surface area contributed by atoms with Gasteiger partial charge in [-0.2, -0.15) is 0 Å². The second kappa shape index (κ2) is 10.9. The highest BCUT2D eigenvalue weighted by Gasteiger charge is 2.26. The van der Waals surface area contributed by atoms with Crippen LogP contribution in [0.1, 0.15) is 50.7 Å². The topological polar surface area (TPSA) is 129 Å². The van der Waals surface area contributed by atoms with Crippen molar-refractivity contribution in [2.24, 2.45) is 5.73 Å². The number of nitrogens with one attached hydrogen (secondary N) is 1. The van der Waals surface area contributed by atoms with Gasteiger partial charge in [-0.3, -0.25) is 9.59 Å². The molecule has 0 radical (unpaired) electrons. The molecule has 12 heteroatoms. The van der Waals surface area contributed by atoms with E-state index in [1.54, 1.807) is 25.2 Å². The van der Waals surface area contributed by atoms with Crippen LogP contribution in [0.3, 0.4) is 0 Å². The molecule has 176 valence electrons. The van der Waals surface area contributed by atoms with E-state index in [-0.39, 0.29) is 33.7 Å². The van der Waals surface area contributed by atoms with E-state index in [1.807, 2.05) is 16.9 Å². The van der Waals surface area contributed by atoms with E-state index in [1.165, 1.54) is 16.6 Å². The number of carbonyl (C=O) groups is 3. The van der Waals surface area contributed by atoms with E-state index in [0.717, 1.165) is 35.7 Å². The normalized spacial score (nSPS) is 10.9. The van der Waals surface area contributed by atoms with Crippen molar-refractivity contribution in [3.05, 3.63) is 32.3 Å². The Morgan fingerprint density at radius 3 is 2.61 bits per heavy atom. The molecule has 0 saturated heterocycles. The van der Waals surface area contributed by atoms with Gasteiger partial charge in [0.25, 0.3) is 5.91 Å². The number of hydrogen-bond donors (Lipinski definition) is 2. The Balaban J connectivity index is 1.77. The van der Waals surface area contributed by atoms with E-state index in [9.17, 15) is 14.4 Å². The van der Waals surface area contributed by atoms with Crippen LogP contribution in [0.25, 0.3) is 11.4 Å². The van der Waals surface area contributed by atoms with Crippen LogP contribution in [-0.2, 0) is 16.1 Å². The molecule has 33 heavy (non-hydrogen) atoms. The smallest absolute Gasteiger partial charge is 0.341 e. The highest BCUT2D eigenvalue weighted by atomic mass is 32.2. The lowest BCUT2D eigenvalue weighted by Crippen LogP contribution is -2.17. The summed E-state index contributed by atoms with van der Waals surface area (Å²) in [5.41, 5.74) is 6.97. The molecule has 3 aromatic rings. The number of nitrogens with zero attached hydrogens (tertiary/aromatic N) is 3. The molecule has 0 aliphatic rings. The summed E-state index contributed by atoms with van der Waals surface area (Å²) < 4.78 is 7.08. The van der Waals surface area contributed by atoms with Gasteiger partial charge in [0, 0.05) is 22.4 Å². The summed E-state index contributed by atoms with van der Waals surface area (Å²) in [7, 11) is 0. The first-order valence-electron chi connectivity index (χ1n) is 10.3. The maximum absolute atomic E-state index is 12.7. The van der Waals surface area contributed by atoms with Gasteiger partial charge in [-0.25, -0.2) is 4.79 Å². The van der Waals surface area contributed by atoms with Gasteiger partial charge in [-0.1, -0.05) is 18.7 Å². The lowest BCUT2D eigenvalue weighted by molar-refractivity contribution is -0.113. The minimum atomic E-state index is -0.665. The number of aromatic nitrogens is 3. The highest BCUT2D eigenvalue weighted by molar-refractivity contribution is 7.99. The summed E-state index contributed by atoms with van der Waals surface area (Å²) >= 11 is 3.87. The summed E-state index contributed by atoms with van der Waals surface area (Å²) in [6.07, 6.45) is 0.890. The first-order valence-corrected chi connectivity index (χ1v) is 13.0. The third-order valence-electron chi connectivity index (χ3n) is 4.59. The van der Waals surface area contributed by atoms with Crippen LogP contribution in [0.2, 0.25) is 0 Å². The Labute approximate surface area is 203 Å². The van der Waals surface area contributed by atoms with Crippen molar-refractivity contribution in [1.29, 1.82) is 0 Å². The van der Waals surface area contributed by atoms with E-state index in [0.29, 0.717) is 10.7 Å². The molecule has 0 unspecified atom stereocenters. The molecule has 0 fully saturated rings. The Morgan fingerprint density at radius 1 is 1.24 bits per heavy atom. The number of primary amides is 1. The van der Waals surface area contributed by atoms with E-state index < -0.39 is 11.9 Å². The van der Waals surface area contributed by atoms with Crippen LogP contribution in [0.15, 0.2) is 16.6 Å². The molecule has 3 aromatic heterocycles. The largest absolute Gasteiger partial charge is 0.462 e. The molecule has 0 saturated carbocycles. The fourth-order valence-electron chi connectivity index (χ4n) is 3.17. The maximum atomic E-state index is 12.7. The lowest BCUT2D eigenvalue weighted by Gasteiger charge is -2.09. The van der Waals surface area contributed by atoms with Crippen LogP contribution in [-0.4, -0.2) is 44.9 Å². The molecule has 0 spiro atoms. The Morgan fingerprint density at radius 2 is 2.00 bits per heavy atom. The lowest BCUT2D eigenvalue weighted by atomic mass is 10.1. The van der Waals surface area contributed by atoms with Gasteiger partial charge in [-0.05, 0) is 38.8 Å². The van der Waals surface area contributed by atoms with Crippen molar-refractivity contribution in [3.8, 4) is 11.4 Å². The molecule has 0 aliphatic carbocycles. The molecule has 0 aromatic carbocycles. The minimum Gasteiger partial charge on any atom is -0.462 e. The highest BCUT2D eigenvalue weighted by Crippen LogP contribution is 2.34. The maximum Gasteiger partial charge on any atom is 0.341 e. The molecule has 0 bridgehead atoms. The first-order chi connectivity index (χ1) is 15.8. The summed E-state index contributed by atoms with van der Waals surface area (Å²) in [5, 5.41) is 14.3. The standard InChI is InChI=1S/C21H25N5O4S3/c1-5-7-26-18(13-8-11(3)31-9-13)24-25-21(26)32-10-14(27)23-19-15(20(29)30-6-2)12(4)16(33-19)17(22)28/h8-9H,5-7,10H2,1-4H3,(H2,22,28)(H,23,27). The van der Waals surface area contributed by atoms with Gasteiger partial charge in [0.2, 0.25) is 5.91 Å². The predicted octanol–water partition coefficient (Wildman–Crippen LogP) is 4.10. The van der Waals surface area contributed by atoms with Crippen molar-refractivity contribution in [3.63, 3.8) is 0 Å². The molecular weight excluding hydrogens is 482 g/mol. The SMILES string of the molecule is CCCn1c(SCC(=O)Nc2sc(C(N)=O)c(C)c2C(=O)OCC)nnc1-c1csc(C)c1. The molecule has 0 aliphatic heterocycles. The Hall–Kier alpha value is -2.70. The minimum absolute atomic E-state index is 0.0512. The van der Waals surface area contributed by atoms with Crippen LogP contribution in [0, 0.1) is 13.8 Å². The second-order valence-corrected chi connectivity index (χ2v) is 10.2. The number of thioether (sulfide) groups is 1. The van der Waals surface area contributed by atoms with Crippen molar-refractivity contribution >= 4 is 57.2 Å². The fraction of sp³-hybridized carbons (Fsp3) is 0.381. The van der Waals surface area contributed by atoms with Gasteiger partial charge in [0.15, 0.2) is 11.0 Å². The number of amides is 2. The number of ether oxygens (including phenoxy) is 1. The summed E-state index contributed by atoms with van der Waals surface area (Å²) in [6, 6.07) is 2.06. The average molecular weight is 508 g/mol. The fourth-order valence-corrected chi connectivity index (χ4v) is 5.68. The summed E-state index contributed by atoms with van der Waals surface area (Å²) in [4.78, 5) is 38.2. The zero-order valence-electron chi connectivity index (χ0n) is 18.8. The number of anilines is 1. The van der Waals surface area contributed by atoms with Crippen molar-refractivity contribution in [1.82, 2.24) is 14.8 Å². The quantitative estimate of drug-likeness (QED) is 0.312. The third kappa shape index (κ3) is 5.63. The van der Waals surface area contributed by atoms with Gasteiger partial charge >= 0.3 is 5.97 Å². The number of esters is 1. The molecule has 0 atom stereocenters. The van der Waals surface area contributed by atoms with Crippen molar-refractivity contribution < 1.29 is 19.1 Å². The molecular formula is C21H25N5O4S3.